The number of hydrogen-bond donors (Lipinski definition) is 1. The van der Waals surface area contributed by atoms with Crippen molar-refractivity contribution in [2.75, 3.05) is 18.5 Å². The SMILES string of the molecule is O=C(Nc1ccc2c(c1)OCCCO2)c1ccc(OS(=O)(=O)c2cccc([N+](=O)[O-])c2)cc1. The zero-order chi connectivity index (χ0) is 23.4. The summed E-state index contributed by atoms with van der Waals surface area (Å²) in [6.07, 6.45) is 0.766. The highest BCUT2D eigenvalue weighted by Gasteiger charge is 2.20. The quantitative estimate of drug-likeness (QED) is 0.327. The van der Waals surface area contributed by atoms with E-state index in [0.29, 0.717) is 30.4 Å². The van der Waals surface area contributed by atoms with Crippen molar-refractivity contribution in [2.24, 2.45) is 0 Å². The van der Waals surface area contributed by atoms with E-state index >= 15 is 0 Å². The standard InChI is InChI=1S/C22H18N2O8S/c25-22(23-16-7-10-20-21(13-16)31-12-2-11-30-20)15-5-8-18(9-6-15)32-33(28,29)19-4-1-3-17(14-19)24(26)27/h1,3-10,13-14H,2,11-12H2,(H,23,25). The summed E-state index contributed by atoms with van der Waals surface area (Å²) in [5.41, 5.74) is 0.404. The van der Waals surface area contributed by atoms with Crippen LogP contribution in [0.15, 0.2) is 71.6 Å². The van der Waals surface area contributed by atoms with Gasteiger partial charge in [-0.1, -0.05) is 6.07 Å². The predicted molar refractivity (Wildman–Crippen MR) is 117 cm³/mol. The second-order valence-electron chi connectivity index (χ2n) is 6.98. The molecule has 0 saturated heterocycles. The molecule has 0 aliphatic carbocycles. The van der Waals surface area contributed by atoms with Crippen molar-refractivity contribution in [3.05, 3.63) is 82.4 Å². The smallest absolute Gasteiger partial charge is 0.339 e. The van der Waals surface area contributed by atoms with Crippen LogP contribution in [0.3, 0.4) is 0 Å². The lowest BCUT2D eigenvalue weighted by atomic mass is 10.2. The summed E-state index contributed by atoms with van der Waals surface area (Å²) < 4.78 is 41.1. The van der Waals surface area contributed by atoms with Crippen LogP contribution in [0.1, 0.15) is 16.8 Å². The number of hydrogen-bond acceptors (Lipinski definition) is 8. The molecule has 0 atom stereocenters. The molecular weight excluding hydrogens is 452 g/mol. The Labute approximate surface area is 189 Å². The van der Waals surface area contributed by atoms with Gasteiger partial charge in [-0.15, -0.1) is 0 Å². The first-order valence-corrected chi connectivity index (χ1v) is 11.2. The molecule has 4 rings (SSSR count). The maximum atomic E-state index is 12.6. The lowest BCUT2D eigenvalue weighted by Crippen LogP contribution is -2.13. The number of nitrogens with one attached hydrogen (secondary N) is 1. The molecule has 0 radical (unpaired) electrons. The Morgan fingerprint density at radius 1 is 0.970 bits per heavy atom. The van der Waals surface area contributed by atoms with Crippen LogP contribution in [0.25, 0.3) is 0 Å². The van der Waals surface area contributed by atoms with Gasteiger partial charge in [-0.2, -0.15) is 8.42 Å². The summed E-state index contributed by atoms with van der Waals surface area (Å²) in [5, 5.41) is 13.6. The van der Waals surface area contributed by atoms with E-state index in [1.807, 2.05) is 0 Å². The Morgan fingerprint density at radius 3 is 2.42 bits per heavy atom. The fourth-order valence-corrected chi connectivity index (χ4v) is 4.00. The lowest BCUT2D eigenvalue weighted by molar-refractivity contribution is -0.385. The summed E-state index contributed by atoms with van der Waals surface area (Å²) in [6.45, 7) is 1.08. The van der Waals surface area contributed by atoms with Crippen LogP contribution in [0.5, 0.6) is 17.2 Å². The Hall–Kier alpha value is -4.12. The highest BCUT2D eigenvalue weighted by Crippen LogP contribution is 2.32. The molecule has 0 aromatic heterocycles. The number of benzene rings is 3. The molecule has 0 fully saturated rings. The van der Waals surface area contributed by atoms with Crippen LogP contribution in [0.2, 0.25) is 0 Å². The number of amides is 1. The Balaban J connectivity index is 1.45. The maximum absolute atomic E-state index is 12.6. The molecule has 3 aromatic rings. The van der Waals surface area contributed by atoms with Gasteiger partial charge in [0.1, 0.15) is 10.6 Å². The van der Waals surface area contributed by atoms with E-state index in [1.165, 1.54) is 42.5 Å². The average molecular weight is 470 g/mol. The van der Waals surface area contributed by atoms with Crippen molar-refractivity contribution in [1.29, 1.82) is 0 Å². The van der Waals surface area contributed by atoms with Crippen molar-refractivity contribution >= 4 is 27.4 Å². The molecule has 1 aliphatic rings. The van der Waals surface area contributed by atoms with E-state index in [4.69, 9.17) is 13.7 Å². The number of carbonyl (C=O) groups excluding carboxylic acids is 1. The van der Waals surface area contributed by atoms with Gasteiger partial charge in [0.25, 0.3) is 11.6 Å². The van der Waals surface area contributed by atoms with Crippen LogP contribution >= 0.6 is 0 Å². The van der Waals surface area contributed by atoms with Crippen LogP contribution < -0.4 is 19.0 Å². The van der Waals surface area contributed by atoms with Crippen LogP contribution in [-0.2, 0) is 10.1 Å². The van der Waals surface area contributed by atoms with Crippen molar-refractivity contribution in [1.82, 2.24) is 0 Å². The summed E-state index contributed by atoms with van der Waals surface area (Å²) >= 11 is 0. The molecule has 0 spiro atoms. The summed E-state index contributed by atoms with van der Waals surface area (Å²) in [6, 6.07) is 15.0. The van der Waals surface area contributed by atoms with E-state index in [-0.39, 0.29) is 21.9 Å². The minimum absolute atomic E-state index is 0.0476. The number of rotatable bonds is 6. The second kappa shape index (κ2) is 9.17. The van der Waals surface area contributed by atoms with Crippen LogP contribution in [0, 0.1) is 10.1 Å². The Morgan fingerprint density at radius 2 is 1.70 bits per heavy atom. The number of fused-ring (bicyclic) bond motifs is 1. The van der Waals surface area contributed by atoms with Gasteiger partial charge >= 0.3 is 10.1 Å². The molecule has 170 valence electrons. The minimum Gasteiger partial charge on any atom is -0.490 e. The van der Waals surface area contributed by atoms with Gasteiger partial charge in [0.05, 0.1) is 18.1 Å². The highest BCUT2D eigenvalue weighted by atomic mass is 32.2. The van der Waals surface area contributed by atoms with E-state index in [1.54, 1.807) is 18.2 Å². The van der Waals surface area contributed by atoms with Crippen LogP contribution in [-0.4, -0.2) is 32.5 Å². The Kier molecular flexibility index (Phi) is 6.13. The topological polar surface area (TPSA) is 134 Å². The number of nitro groups is 1. The molecule has 1 aliphatic heterocycles. The molecule has 1 heterocycles. The summed E-state index contributed by atoms with van der Waals surface area (Å²) in [4.78, 5) is 22.4. The largest absolute Gasteiger partial charge is 0.490 e. The van der Waals surface area contributed by atoms with Gasteiger partial charge < -0.3 is 19.0 Å². The highest BCUT2D eigenvalue weighted by molar-refractivity contribution is 7.87. The van der Waals surface area contributed by atoms with E-state index < -0.39 is 20.9 Å². The van der Waals surface area contributed by atoms with E-state index in [0.717, 1.165) is 12.5 Å². The molecule has 10 nitrogen and oxygen atoms in total. The number of nitro benzene ring substituents is 1. The zero-order valence-electron chi connectivity index (χ0n) is 17.1. The van der Waals surface area contributed by atoms with Gasteiger partial charge in [0.15, 0.2) is 11.5 Å². The third-order valence-electron chi connectivity index (χ3n) is 4.64. The second-order valence-corrected chi connectivity index (χ2v) is 8.53. The first kappa shape index (κ1) is 22.1. The third-order valence-corrected chi connectivity index (χ3v) is 5.89. The number of nitrogens with zero attached hydrogens (tertiary/aromatic N) is 1. The zero-order valence-corrected chi connectivity index (χ0v) is 17.9. The van der Waals surface area contributed by atoms with E-state index in [9.17, 15) is 23.3 Å². The molecule has 3 aromatic carbocycles. The summed E-state index contributed by atoms with van der Waals surface area (Å²) in [5.74, 6) is 0.684. The fraction of sp³-hybridized carbons (Fsp3) is 0.136. The minimum atomic E-state index is -4.29. The number of anilines is 1. The van der Waals surface area contributed by atoms with Crippen LogP contribution in [0.4, 0.5) is 11.4 Å². The average Bonchev–Trinajstić information content (AvgIpc) is 3.04. The van der Waals surface area contributed by atoms with Crippen molar-refractivity contribution in [3.63, 3.8) is 0 Å². The summed E-state index contributed by atoms with van der Waals surface area (Å²) in [7, 11) is -4.29. The number of carbonyl (C=O) groups is 1. The molecule has 0 unspecified atom stereocenters. The first-order chi connectivity index (χ1) is 15.8. The fourth-order valence-electron chi connectivity index (χ4n) is 3.03. The van der Waals surface area contributed by atoms with Crippen molar-refractivity contribution in [2.45, 2.75) is 11.3 Å². The van der Waals surface area contributed by atoms with Crippen molar-refractivity contribution < 1.29 is 31.8 Å². The maximum Gasteiger partial charge on any atom is 0.339 e. The lowest BCUT2D eigenvalue weighted by Gasteiger charge is -2.11. The first-order valence-electron chi connectivity index (χ1n) is 9.82. The predicted octanol–water partition coefficient (Wildman–Crippen LogP) is 3.78. The van der Waals surface area contributed by atoms with Gasteiger partial charge in [-0.25, -0.2) is 0 Å². The molecule has 0 saturated carbocycles. The normalized spacial score (nSPS) is 13.0. The van der Waals surface area contributed by atoms with E-state index in [2.05, 4.69) is 5.32 Å². The molecular formula is C22H18N2O8S. The molecule has 11 heteroatoms. The van der Waals surface area contributed by atoms with Crippen molar-refractivity contribution in [3.8, 4) is 17.2 Å². The molecule has 33 heavy (non-hydrogen) atoms. The van der Waals surface area contributed by atoms with Gasteiger partial charge in [-0.05, 0) is 42.5 Å². The molecule has 1 amide bonds. The monoisotopic (exact) mass is 470 g/mol. The number of non-ortho nitro benzene ring substituents is 1. The number of ether oxygens (including phenoxy) is 2. The van der Waals surface area contributed by atoms with Gasteiger partial charge in [0.2, 0.25) is 0 Å². The Bertz CT molecular complexity index is 1310. The molecule has 0 bridgehead atoms. The van der Waals surface area contributed by atoms with Gasteiger partial charge in [-0.3, -0.25) is 14.9 Å². The third kappa shape index (κ3) is 5.21. The molecule has 1 N–H and O–H groups in total. The van der Waals surface area contributed by atoms with Gasteiger partial charge in [0, 0.05) is 35.9 Å².